The lowest BCUT2D eigenvalue weighted by atomic mass is 10.1. The molecule has 0 saturated carbocycles. The second kappa shape index (κ2) is 8.19. The van der Waals surface area contributed by atoms with Crippen LogP contribution < -0.4 is 10.6 Å². The third-order valence-corrected chi connectivity index (χ3v) is 5.64. The number of hydrogen-bond acceptors (Lipinski definition) is 2. The molecule has 0 spiro atoms. The number of nitrogens with one attached hydrogen (secondary N) is 2. The Labute approximate surface area is 168 Å². The van der Waals surface area contributed by atoms with E-state index in [1.165, 1.54) is 0 Å². The summed E-state index contributed by atoms with van der Waals surface area (Å²) < 4.78 is 0. The Balaban J connectivity index is 1.62. The minimum atomic E-state index is -0.158. The van der Waals surface area contributed by atoms with E-state index in [4.69, 9.17) is 23.2 Å². The Hall–Kier alpha value is -2.24. The lowest BCUT2D eigenvalue weighted by Crippen LogP contribution is -2.38. The van der Waals surface area contributed by atoms with Crippen LogP contribution >= 0.6 is 23.2 Å². The van der Waals surface area contributed by atoms with Gasteiger partial charge in [-0.15, -0.1) is 0 Å². The molecule has 7 heteroatoms. The van der Waals surface area contributed by atoms with Crippen LogP contribution in [0.15, 0.2) is 36.4 Å². The predicted molar refractivity (Wildman–Crippen MR) is 107 cm³/mol. The van der Waals surface area contributed by atoms with Crippen molar-refractivity contribution in [1.82, 2.24) is 15.5 Å². The zero-order chi connectivity index (χ0) is 19.6. The summed E-state index contributed by atoms with van der Waals surface area (Å²) >= 11 is 12.3. The van der Waals surface area contributed by atoms with E-state index in [0.717, 1.165) is 29.5 Å². The molecule has 2 aromatic rings. The van der Waals surface area contributed by atoms with Gasteiger partial charge in [0.2, 0.25) is 0 Å². The fourth-order valence-electron chi connectivity index (χ4n) is 3.29. The van der Waals surface area contributed by atoms with Crippen molar-refractivity contribution < 1.29 is 9.59 Å². The predicted octanol–water partition coefficient (Wildman–Crippen LogP) is 4.18. The Morgan fingerprint density at radius 3 is 2.52 bits per heavy atom. The van der Waals surface area contributed by atoms with E-state index in [-0.39, 0.29) is 18.0 Å². The molecule has 0 fully saturated rings. The summed E-state index contributed by atoms with van der Waals surface area (Å²) in [6.45, 7) is 0.445. The number of urea groups is 1. The highest BCUT2D eigenvalue weighted by Gasteiger charge is 2.27. The van der Waals surface area contributed by atoms with Crippen LogP contribution in [0.3, 0.4) is 0 Å². The minimum Gasteiger partial charge on any atom is -0.355 e. The van der Waals surface area contributed by atoms with Crippen LogP contribution in [0.2, 0.25) is 10.0 Å². The van der Waals surface area contributed by atoms with E-state index in [1.807, 2.05) is 18.2 Å². The summed E-state index contributed by atoms with van der Waals surface area (Å²) in [4.78, 5) is 25.8. The van der Waals surface area contributed by atoms with Gasteiger partial charge in [-0.2, -0.15) is 0 Å². The molecule has 0 heterocycles. The molecule has 0 bridgehead atoms. The van der Waals surface area contributed by atoms with Crippen molar-refractivity contribution in [3.05, 3.63) is 68.7 Å². The van der Waals surface area contributed by atoms with Gasteiger partial charge in [0.15, 0.2) is 0 Å². The maximum Gasteiger partial charge on any atom is 0.317 e. The van der Waals surface area contributed by atoms with Crippen LogP contribution in [0.5, 0.6) is 0 Å². The topological polar surface area (TPSA) is 61.4 Å². The number of rotatable bonds is 4. The average Bonchev–Trinajstić information content (AvgIpc) is 3.08. The van der Waals surface area contributed by atoms with Gasteiger partial charge in [-0.25, -0.2) is 4.79 Å². The van der Waals surface area contributed by atoms with Gasteiger partial charge in [0, 0.05) is 26.2 Å². The molecule has 1 unspecified atom stereocenters. The van der Waals surface area contributed by atoms with Crippen molar-refractivity contribution in [1.29, 1.82) is 0 Å². The SMILES string of the molecule is CNC(=O)c1ccc(CN(C)C(=O)NC2CCc3c2ccc(Cl)c3Cl)cc1. The lowest BCUT2D eigenvalue weighted by molar-refractivity contribution is 0.0963. The smallest absolute Gasteiger partial charge is 0.317 e. The number of fused-ring (bicyclic) bond motifs is 1. The fraction of sp³-hybridized carbons (Fsp3) is 0.300. The number of amides is 3. The first-order chi connectivity index (χ1) is 12.9. The van der Waals surface area contributed by atoms with E-state index in [1.54, 1.807) is 37.2 Å². The van der Waals surface area contributed by atoms with E-state index in [2.05, 4.69) is 10.6 Å². The molecule has 3 rings (SSSR count). The number of carbonyl (C=O) groups is 2. The van der Waals surface area contributed by atoms with Gasteiger partial charge in [0.25, 0.3) is 5.91 Å². The lowest BCUT2D eigenvalue weighted by Gasteiger charge is -2.22. The standard InChI is InChI=1S/C20H21Cl2N3O2/c1-23-19(26)13-5-3-12(4-6-13)11-25(2)20(27)24-17-10-8-15-14(17)7-9-16(21)18(15)22/h3-7,9,17H,8,10-11H2,1-2H3,(H,23,26)(H,24,27). The highest BCUT2D eigenvalue weighted by molar-refractivity contribution is 6.42. The Kier molecular flexibility index (Phi) is 5.92. The third kappa shape index (κ3) is 4.20. The van der Waals surface area contributed by atoms with Crippen LogP contribution in [0.4, 0.5) is 4.79 Å². The summed E-state index contributed by atoms with van der Waals surface area (Å²) in [7, 11) is 3.34. The number of hydrogen-bond donors (Lipinski definition) is 2. The highest BCUT2D eigenvalue weighted by atomic mass is 35.5. The second-order valence-electron chi connectivity index (χ2n) is 6.60. The van der Waals surface area contributed by atoms with Crippen LogP contribution in [0.1, 0.15) is 39.5 Å². The number of halogens is 2. The summed E-state index contributed by atoms with van der Waals surface area (Å²) in [5.74, 6) is -0.133. The molecule has 3 amide bonds. The number of benzene rings is 2. The zero-order valence-corrected chi connectivity index (χ0v) is 16.7. The largest absolute Gasteiger partial charge is 0.355 e. The second-order valence-corrected chi connectivity index (χ2v) is 7.39. The Bertz CT molecular complexity index is 868. The van der Waals surface area contributed by atoms with Crippen LogP contribution in [0.25, 0.3) is 0 Å². The minimum absolute atomic E-state index is 0.0691. The molecule has 2 aromatic carbocycles. The van der Waals surface area contributed by atoms with E-state index >= 15 is 0 Å². The van der Waals surface area contributed by atoms with Crippen molar-refractivity contribution >= 4 is 35.1 Å². The third-order valence-electron chi connectivity index (χ3n) is 4.80. The molecule has 0 aromatic heterocycles. The van der Waals surface area contributed by atoms with E-state index < -0.39 is 0 Å². The van der Waals surface area contributed by atoms with Crippen LogP contribution in [-0.2, 0) is 13.0 Å². The zero-order valence-electron chi connectivity index (χ0n) is 15.2. The van der Waals surface area contributed by atoms with Crippen LogP contribution in [0, 0.1) is 0 Å². The number of carbonyl (C=O) groups excluding carboxylic acids is 2. The molecule has 1 atom stereocenters. The van der Waals surface area contributed by atoms with E-state index in [9.17, 15) is 9.59 Å². The maximum atomic E-state index is 12.6. The van der Waals surface area contributed by atoms with Gasteiger partial charge in [0.1, 0.15) is 0 Å². The first kappa shape index (κ1) is 19.5. The molecule has 1 aliphatic carbocycles. The molecule has 0 saturated heterocycles. The summed E-state index contributed by atoms with van der Waals surface area (Å²) in [6.07, 6.45) is 1.60. The molecule has 142 valence electrons. The molecular formula is C20H21Cl2N3O2. The molecule has 27 heavy (non-hydrogen) atoms. The summed E-state index contributed by atoms with van der Waals surface area (Å²) in [5, 5.41) is 6.77. The number of nitrogens with zero attached hydrogens (tertiary/aromatic N) is 1. The summed E-state index contributed by atoms with van der Waals surface area (Å²) in [5.41, 5.74) is 3.58. The molecule has 0 radical (unpaired) electrons. The molecule has 5 nitrogen and oxygen atoms in total. The van der Waals surface area contributed by atoms with Gasteiger partial charge in [-0.3, -0.25) is 4.79 Å². The normalized spacial score (nSPS) is 15.2. The summed E-state index contributed by atoms with van der Waals surface area (Å²) in [6, 6.07) is 10.7. The van der Waals surface area contributed by atoms with Gasteiger partial charge < -0.3 is 15.5 Å². The maximum absolute atomic E-state index is 12.6. The Morgan fingerprint density at radius 1 is 1.15 bits per heavy atom. The molecular weight excluding hydrogens is 385 g/mol. The average molecular weight is 406 g/mol. The molecule has 0 aliphatic heterocycles. The van der Waals surface area contributed by atoms with Gasteiger partial charge in [-0.05, 0) is 47.7 Å². The fourth-order valence-corrected chi connectivity index (χ4v) is 3.74. The van der Waals surface area contributed by atoms with Gasteiger partial charge in [0.05, 0.1) is 16.1 Å². The quantitative estimate of drug-likeness (QED) is 0.800. The van der Waals surface area contributed by atoms with E-state index in [0.29, 0.717) is 22.2 Å². The first-order valence-electron chi connectivity index (χ1n) is 8.70. The Morgan fingerprint density at radius 2 is 1.85 bits per heavy atom. The van der Waals surface area contributed by atoms with Crippen molar-refractivity contribution in [2.45, 2.75) is 25.4 Å². The molecule has 1 aliphatic rings. The molecule has 2 N–H and O–H groups in total. The highest BCUT2D eigenvalue weighted by Crippen LogP contribution is 2.39. The van der Waals surface area contributed by atoms with Gasteiger partial charge >= 0.3 is 6.03 Å². The van der Waals surface area contributed by atoms with Crippen molar-refractivity contribution in [2.75, 3.05) is 14.1 Å². The van der Waals surface area contributed by atoms with Crippen LogP contribution in [-0.4, -0.2) is 30.9 Å². The monoisotopic (exact) mass is 405 g/mol. The van der Waals surface area contributed by atoms with Gasteiger partial charge in [-0.1, -0.05) is 41.4 Å². The first-order valence-corrected chi connectivity index (χ1v) is 9.45. The van der Waals surface area contributed by atoms with Crippen molar-refractivity contribution in [3.63, 3.8) is 0 Å². The van der Waals surface area contributed by atoms with Crippen molar-refractivity contribution in [3.8, 4) is 0 Å². The van der Waals surface area contributed by atoms with Crippen molar-refractivity contribution in [2.24, 2.45) is 0 Å².